The molecule has 3 aromatic rings. The van der Waals surface area contributed by atoms with E-state index in [2.05, 4.69) is 4.99 Å². The van der Waals surface area contributed by atoms with Crippen molar-refractivity contribution in [1.29, 1.82) is 0 Å². The minimum Gasteiger partial charge on any atom is -0.507 e. The average Bonchev–Trinajstić information content (AvgIpc) is 3.37. The number of phenolic OH excluding ortho intramolecular Hbond substituents is 1. The minimum absolute atomic E-state index is 0.137. The van der Waals surface area contributed by atoms with E-state index in [1.807, 2.05) is 17.5 Å². The fraction of sp³-hybridized carbons (Fsp3) is 0.190. The summed E-state index contributed by atoms with van der Waals surface area (Å²) in [5, 5.41) is 23.1. The molecule has 164 valence electrons. The summed E-state index contributed by atoms with van der Waals surface area (Å²) in [5.74, 6) is -0.739. The number of benzene rings is 1. The quantitative estimate of drug-likeness (QED) is 0.346. The number of phenols is 1. The topological polar surface area (TPSA) is 124 Å². The van der Waals surface area contributed by atoms with Gasteiger partial charge in [-0.2, -0.15) is 0 Å². The number of non-ortho nitro benzene ring substituents is 1. The van der Waals surface area contributed by atoms with Gasteiger partial charge in [-0.3, -0.25) is 19.5 Å². The lowest BCUT2D eigenvalue weighted by Crippen LogP contribution is -2.39. The number of hydrogen-bond acceptors (Lipinski definition) is 9. The highest BCUT2D eigenvalue weighted by atomic mass is 32.1. The molecule has 1 aliphatic heterocycles. The number of nitrogens with zero attached hydrogens (tertiary/aromatic N) is 3. The molecular formula is C21H17N3O6S2. The molecule has 0 unspecified atom stereocenters. The maximum atomic E-state index is 13.4. The Morgan fingerprint density at radius 2 is 2.19 bits per heavy atom. The van der Waals surface area contributed by atoms with E-state index in [1.165, 1.54) is 40.2 Å². The molecule has 32 heavy (non-hydrogen) atoms. The number of aromatic hydroxyl groups is 1. The first-order chi connectivity index (χ1) is 15.3. The first-order valence-electron chi connectivity index (χ1n) is 9.52. The lowest BCUT2D eigenvalue weighted by molar-refractivity contribution is -0.384. The number of carbonyl (C=O) groups is 1. The molecule has 1 aromatic carbocycles. The number of thiazole rings is 1. The van der Waals surface area contributed by atoms with Gasteiger partial charge in [0.25, 0.3) is 11.2 Å². The number of nitro benzene ring substituents is 1. The Balaban J connectivity index is 1.95. The van der Waals surface area contributed by atoms with E-state index in [1.54, 1.807) is 13.8 Å². The zero-order chi connectivity index (χ0) is 23.0. The Kier molecular flexibility index (Phi) is 5.76. The van der Waals surface area contributed by atoms with Crippen LogP contribution in [-0.4, -0.2) is 27.2 Å². The zero-order valence-electron chi connectivity index (χ0n) is 17.0. The lowest BCUT2D eigenvalue weighted by atomic mass is 10.0. The van der Waals surface area contributed by atoms with Gasteiger partial charge in [0.2, 0.25) is 0 Å². The van der Waals surface area contributed by atoms with Gasteiger partial charge in [0.1, 0.15) is 11.8 Å². The van der Waals surface area contributed by atoms with Crippen LogP contribution in [0.2, 0.25) is 0 Å². The normalized spacial score (nSPS) is 15.9. The number of fused-ring (bicyclic) bond motifs is 1. The van der Waals surface area contributed by atoms with Gasteiger partial charge >= 0.3 is 5.97 Å². The van der Waals surface area contributed by atoms with Crippen LogP contribution < -0.4 is 14.9 Å². The largest absolute Gasteiger partial charge is 0.507 e. The maximum Gasteiger partial charge on any atom is 0.338 e. The fourth-order valence-corrected chi connectivity index (χ4v) is 5.28. The summed E-state index contributed by atoms with van der Waals surface area (Å²) in [6, 6.07) is 6.54. The van der Waals surface area contributed by atoms with Crippen LogP contribution >= 0.6 is 22.7 Å². The molecule has 9 nitrogen and oxygen atoms in total. The van der Waals surface area contributed by atoms with Gasteiger partial charge in [-0.25, -0.2) is 9.79 Å². The number of hydrogen-bond donors (Lipinski definition) is 1. The van der Waals surface area contributed by atoms with Crippen molar-refractivity contribution in [2.75, 3.05) is 6.61 Å². The average molecular weight is 472 g/mol. The summed E-state index contributed by atoms with van der Waals surface area (Å²) < 4.78 is 6.87. The van der Waals surface area contributed by atoms with Crippen LogP contribution in [-0.2, 0) is 9.53 Å². The molecule has 0 spiro atoms. The van der Waals surface area contributed by atoms with E-state index in [9.17, 15) is 24.8 Å². The number of esters is 1. The highest BCUT2D eigenvalue weighted by molar-refractivity contribution is 7.10. The summed E-state index contributed by atoms with van der Waals surface area (Å²) in [5.41, 5.74) is 0.240. The van der Waals surface area contributed by atoms with Crippen LogP contribution in [0.4, 0.5) is 5.69 Å². The molecule has 0 fully saturated rings. The van der Waals surface area contributed by atoms with Crippen LogP contribution in [0.3, 0.4) is 0 Å². The van der Waals surface area contributed by atoms with Crippen molar-refractivity contribution in [2.45, 2.75) is 19.9 Å². The molecule has 0 radical (unpaired) electrons. The monoisotopic (exact) mass is 471 g/mol. The van der Waals surface area contributed by atoms with Gasteiger partial charge < -0.3 is 9.84 Å². The molecule has 3 heterocycles. The molecule has 0 saturated carbocycles. The van der Waals surface area contributed by atoms with Crippen molar-refractivity contribution < 1.29 is 19.6 Å². The highest BCUT2D eigenvalue weighted by Gasteiger charge is 2.33. The van der Waals surface area contributed by atoms with Crippen LogP contribution in [0.5, 0.6) is 5.75 Å². The minimum atomic E-state index is -0.703. The van der Waals surface area contributed by atoms with Crippen LogP contribution in [0.1, 0.15) is 30.3 Å². The Hall–Kier alpha value is -3.57. The first kappa shape index (κ1) is 21.7. The van der Waals surface area contributed by atoms with Crippen molar-refractivity contribution in [1.82, 2.24) is 4.57 Å². The Labute approximate surface area is 189 Å². The highest BCUT2D eigenvalue weighted by Crippen LogP contribution is 2.33. The third-order valence-electron chi connectivity index (χ3n) is 4.84. The van der Waals surface area contributed by atoms with Crippen molar-refractivity contribution in [3.63, 3.8) is 0 Å². The number of allylic oxidation sites excluding steroid dienone is 1. The molecular weight excluding hydrogens is 454 g/mol. The second kappa shape index (κ2) is 8.52. The number of aromatic nitrogens is 1. The van der Waals surface area contributed by atoms with Gasteiger partial charge in [0.15, 0.2) is 4.80 Å². The number of nitro groups is 1. The summed E-state index contributed by atoms with van der Waals surface area (Å²) >= 11 is 2.48. The Morgan fingerprint density at radius 1 is 1.41 bits per heavy atom. The van der Waals surface area contributed by atoms with Crippen LogP contribution in [0.15, 0.2) is 56.8 Å². The third-order valence-corrected chi connectivity index (χ3v) is 6.75. The smallest absolute Gasteiger partial charge is 0.338 e. The fourth-order valence-electron chi connectivity index (χ4n) is 3.42. The van der Waals surface area contributed by atoms with Crippen LogP contribution in [0.25, 0.3) is 6.08 Å². The third kappa shape index (κ3) is 3.76. The van der Waals surface area contributed by atoms with E-state index in [4.69, 9.17) is 4.74 Å². The molecule has 2 aromatic heterocycles. The summed E-state index contributed by atoms with van der Waals surface area (Å²) in [6.45, 7) is 3.58. The predicted molar refractivity (Wildman–Crippen MR) is 119 cm³/mol. The molecule has 4 rings (SSSR count). The molecule has 1 atom stereocenters. The number of carbonyl (C=O) groups excluding carboxylic acids is 1. The van der Waals surface area contributed by atoms with Gasteiger partial charge in [0, 0.05) is 22.6 Å². The van der Waals surface area contributed by atoms with Gasteiger partial charge in [0.05, 0.1) is 27.3 Å². The van der Waals surface area contributed by atoms with E-state index in [0.29, 0.717) is 10.5 Å². The van der Waals surface area contributed by atoms with E-state index < -0.39 is 22.5 Å². The van der Waals surface area contributed by atoms with Crippen molar-refractivity contribution in [3.8, 4) is 5.75 Å². The summed E-state index contributed by atoms with van der Waals surface area (Å²) in [7, 11) is 0. The molecule has 1 aliphatic rings. The Morgan fingerprint density at radius 3 is 2.84 bits per heavy atom. The van der Waals surface area contributed by atoms with Gasteiger partial charge in [-0.05, 0) is 37.4 Å². The number of thiophene rings is 1. The second-order valence-electron chi connectivity index (χ2n) is 6.82. The zero-order valence-corrected chi connectivity index (χ0v) is 18.6. The van der Waals surface area contributed by atoms with Crippen LogP contribution in [0, 0.1) is 10.1 Å². The molecule has 0 saturated heterocycles. The van der Waals surface area contributed by atoms with E-state index in [0.717, 1.165) is 16.2 Å². The molecule has 0 aliphatic carbocycles. The SMILES string of the molecule is CCOC(=O)C1=C(C)N=c2sc(=Cc3cc([N+](=O)[O-])ccc3O)c(=O)n2[C@@H]1c1cccs1. The summed E-state index contributed by atoms with van der Waals surface area (Å²) in [4.78, 5) is 42.2. The van der Waals surface area contributed by atoms with Crippen molar-refractivity contribution in [3.05, 3.63) is 87.2 Å². The lowest BCUT2D eigenvalue weighted by Gasteiger charge is -2.23. The standard InChI is InChI=1S/C21H17N3O6S2/c1-3-30-20(27)17-11(2)22-21-23(18(17)15-5-4-8-31-15)19(26)16(32-21)10-12-9-13(24(28)29)6-7-14(12)25/h4-10,18,25H,3H2,1-2H3/t18-/m1/s1. The second-order valence-corrected chi connectivity index (χ2v) is 8.81. The molecule has 11 heteroatoms. The number of ether oxygens (including phenoxy) is 1. The van der Waals surface area contributed by atoms with Crippen molar-refractivity contribution >= 4 is 40.4 Å². The van der Waals surface area contributed by atoms with Gasteiger partial charge in [-0.1, -0.05) is 17.4 Å². The molecule has 1 N–H and O–H groups in total. The number of rotatable bonds is 5. The molecule has 0 amide bonds. The molecule has 0 bridgehead atoms. The van der Waals surface area contributed by atoms with Gasteiger partial charge in [-0.15, -0.1) is 11.3 Å². The summed E-state index contributed by atoms with van der Waals surface area (Å²) in [6.07, 6.45) is 1.39. The maximum absolute atomic E-state index is 13.4. The first-order valence-corrected chi connectivity index (χ1v) is 11.2. The van der Waals surface area contributed by atoms with Crippen molar-refractivity contribution in [2.24, 2.45) is 4.99 Å². The predicted octanol–water partition coefficient (Wildman–Crippen LogP) is 2.47. The Bertz CT molecular complexity index is 1430. The van der Waals surface area contributed by atoms with E-state index >= 15 is 0 Å². The van der Waals surface area contributed by atoms with E-state index in [-0.39, 0.29) is 33.7 Å².